The molecule has 0 radical (unpaired) electrons. The molecule has 0 spiro atoms. The summed E-state index contributed by atoms with van der Waals surface area (Å²) in [5.74, 6) is -2.24. The summed E-state index contributed by atoms with van der Waals surface area (Å²) in [7, 11) is 2.31. The van der Waals surface area contributed by atoms with Crippen LogP contribution in [0.25, 0.3) is 0 Å². The molecule has 0 fully saturated rings. The molecule has 10 heteroatoms. The fourth-order valence-corrected chi connectivity index (χ4v) is 2.31. The van der Waals surface area contributed by atoms with Crippen molar-refractivity contribution in [3.05, 3.63) is 68.2 Å². The molecule has 0 aliphatic rings. The van der Waals surface area contributed by atoms with Crippen LogP contribution in [0.3, 0.4) is 0 Å². The van der Waals surface area contributed by atoms with Gasteiger partial charge in [-0.1, -0.05) is 11.6 Å². The van der Waals surface area contributed by atoms with Crippen molar-refractivity contribution in [2.75, 3.05) is 19.5 Å². The predicted molar refractivity (Wildman–Crippen MR) is 95.2 cm³/mol. The van der Waals surface area contributed by atoms with Gasteiger partial charge in [0, 0.05) is 17.7 Å². The van der Waals surface area contributed by atoms with Gasteiger partial charge in [-0.3, -0.25) is 14.9 Å². The first kappa shape index (κ1) is 19.9. The first-order valence-corrected chi connectivity index (χ1v) is 7.71. The Kier molecular flexibility index (Phi) is 6.09. The van der Waals surface area contributed by atoms with Crippen molar-refractivity contribution in [2.24, 2.45) is 0 Å². The van der Waals surface area contributed by atoms with Gasteiger partial charge in [-0.05, 0) is 24.3 Å². The molecule has 0 unspecified atom stereocenters. The van der Waals surface area contributed by atoms with Crippen LogP contribution in [0.5, 0.6) is 0 Å². The largest absolute Gasteiger partial charge is 0.465 e. The van der Waals surface area contributed by atoms with Crippen LogP contribution in [-0.2, 0) is 9.47 Å². The predicted octanol–water partition coefficient (Wildman–Crippen LogP) is 3.07. The number of hydrogen-bond donors (Lipinski definition) is 1. The zero-order valence-corrected chi connectivity index (χ0v) is 14.9. The Morgan fingerprint density at radius 1 is 0.963 bits per heavy atom. The van der Waals surface area contributed by atoms with E-state index in [1.54, 1.807) is 0 Å². The highest BCUT2D eigenvalue weighted by molar-refractivity contribution is 6.34. The molecule has 0 aromatic heterocycles. The van der Waals surface area contributed by atoms with Gasteiger partial charge in [0.25, 0.3) is 11.6 Å². The van der Waals surface area contributed by atoms with Crippen molar-refractivity contribution in [3.63, 3.8) is 0 Å². The minimum Gasteiger partial charge on any atom is -0.465 e. The molecule has 0 saturated carbocycles. The van der Waals surface area contributed by atoms with Crippen molar-refractivity contribution in [1.82, 2.24) is 0 Å². The van der Waals surface area contributed by atoms with Gasteiger partial charge in [0.05, 0.1) is 41.0 Å². The number of amides is 1. The van der Waals surface area contributed by atoms with E-state index in [2.05, 4.69) is 14.8 Å². The number of nitro benzene ring substituents is 1. The van der Waals surface area contributed by atoms with Crippen molar-refractivity contribution < 1.29 is 28.8 Å². The Hall–Kier alpha value is -3.46. The fourth-order valence-electron chi connectivity index (χ4n) is 2.14. The molecule has 0 atom stereocenters. The average molecular weight is 393 g/mol. The van der Waals surface area contributed by atoms with Gasteiger partial charge in [-0.15, -0.1) is 0 Å². The van der Waals surface area contributed by atoms with Gasteiger partial charge >= 0.3 is 11.9 Å². The highest BCUT2D eigenvalue weighted by atomic mass is 35.5. The summed E-state index contributed by atoms with van der Waals surface area (Å²) in [6.07, 6.45) is 0. The molecule has 27 heavy (non-hydrogen) atoms. The van der Waals surface area contributed by atoms with Crippen LogP contribution >= 0.6 is 11.6 Å². The molecule has 140 valence electrons. The highest BCUT2D eigenvalue weighted by Crippen LogP contribution is 2.25. The number of non-ortho nitro benzene ring substituents is 1. The lowest BCUT2D eigenvalue weighted by atomic mass is 10.1. The van der Waals surface area contributed by atoms with Crippen molar-refractivity contribution in [3.8, 4) is 0 Å². The monoisotopic (exact) mass is 392 g/mol. The number of nitrogens with one attached hydrogen (secondary N) is 1. The van der Waals surface area contributed by atoms with Gasteiger partial charge in [-0.25, -0.2) is 9.59 Å². The van der Waals surface area contributed by atoms with E-state index >= 15 is 0 Å². The third-order valence-corrected chi connectivity index (χ3v) is 3.78. The van der Waals surface area contributed by atoms with Crippen molar-refractivity contribution in [2.45, 2.75) is 0 Å². The number of hydrogen-bond acceptors (Lipinski definition) is 7. The summed E-state index contributed by atoms with van der Waals surface area (Å²) in [5.41, 5.74) is -0.546. The smallest absolute Gasteiger partial charge is 0.338 e. The number of nitrogens with zero attached hydrogens (tertiary/aromatic N) is 1. The number of halogens is 1. The second kappa shape index (κ2) is 8.28. The van der Waals surface area contributed by atoms with Crippen LogP contribution in [0.1, 0.15) is 31.1 Å². The quantitative estimate of drug-likeness (QED) is 0.470. The third kappa shape index (κ3) is 4.59. The Morgan fingerprint density at radius 3 is 2.15 bits per heavy atom. The Morgan fingerprint density at radius 2 is 1.56 bits per heavy atom. The zero-order valence-electron chi connectivity index (χ0n) is 14.1. The van der Waals surface area contributed by atoms with Crippen molar-refractivity contribution >= 4 is 40.8 Å². The van der Waals surface area contributed by atoms with E-state index in [9.17, 15) is 24.5 Å². The number of ether oxygens (including phenoxy) is 2. The molecule has 0 aliphatic carbocycles. The number of benzene rings is 2. The maximum Gasteiger partial charge on any atom is 0.338 e. The number of carbonyl (C=O) groups excluding carboxylic acids is 3. The molecule has 0 saturated heterocycles. The van der Waals surface area contributed by atoms with Crippen LogP contribution in [-0.4, -0.2) is 37.0 Å². The zero-order chi connectivity index (χ0) is 20.1. The lowest BCUT2D eigenvalue weighted by Gasteiger charge is -2.10. The van der Waals surface area contributed by atoms with Gasteiger partial charge in [-0.2, -0.15) is 0 Å². The van der Waals surface area contributed by atoms with E-state index in [1.807, 2.05) is 0 Å². The van der Waals surface area contributed by atoms with Crippen LogP contribution in [0.15, 0.2) is 36.4 Å². The molecule has 0 heterocycles. The normalized spacial score (nSPS) is 10.0. The molecule has 2 aromatic carbocycles. The summed E-state index contributed by atoms with van der Waals surface area (Å²) in [6.45, 7) is 0. The van der Waals surface area contributed by atoms with E-state index in [-0.39, 0.29) is 27.4 Å². The summed E-state index contributed by atoms with van der Waals surface area (Å²) < 4.78 is 9.13. The molecule has 0 aliphatic heterocycles. The second-order valence-electron chi connectivity index (χ2n) is 5.16. The number of nitro groups is 1. The van der Waals surface area contributed by atoms with E-state index in [0.29, 0.717) is 0 Å². The SMILES string of the molecule is COC(=O)c1cc(C(=O)Nc2cc(C(=O)OC)ccc2Cl)cc([N+](=O)[O-])c1. The molecule has 0 bridgehead atoms. The van der Waals surface area contributed by atoms with Crippen LogP contribution in [0, 0.1) is 10.1 Å². The summed E-state index contributed by atoms with van der Waals surface area (Å²) in [4.78, 5) is 46.1. The topological polar surface area (TPSA) is 125 Å². The molecular weight excluding hydrogens is 380 g/mol. The maximum atomic E-state index is 12.5. The first-order valence-electron chi connectivity index (χ1n) is 7.33. The van der Waals surface area contributed by atoms with Crippen molar-refractivity contribution in [1.29, 1.82) is 0 Å². The number of carbonyl (C=O) groups is 3. The molecule has 9 nitrogen and oxygen atoms in total. The van der Waals surface area contributed by atoms with Crippen LogP contribution in [0.4, 0.5) is 11.4 Å². The van der Waals surface area contributed by atoms with Crippen LogP contribution < -0.4 is 5.32 Å². The van der Waals surface area contributed by atoms with Gasteiger partial charge < -0.3 is 14.8 Å². The highest BCUT2D eigenvalue weighted by Gasteiger charge is 2.19. The Balaban J connectivity index is 2.41. The Labute approximate surface area is 158 Å². The minimum atomic E-state index is -0.835. The molecule has 1 amide bonds. The average Bonchev–Trinajstić information content (AvgIpc) is 2.67. The van der Waals surface area contributed by atoms with Gasteiger partial charge in [0.15, 0.2) is 0 Å². The molecule has 1 N–H and O–H groups in total. The van der Waals surface area contributed by atoms with E-state index < -0.39 is 28.5 Å². The summed E-state index contributed by atoms with van der Waals surface area (Å²) in [6, 6.07) is 7.23. The fraction of sp³-hybridized carbons (Fsp3) is 0.118. The van der Waals surface area contributed by atoms with Gasteiger partial charge in [0.1, 0.15) is 0 Å². The number of methoxy groups -OCH3 is 2. The maximum absolute atomic E-state index is 12.5. The number of rotatable bonds is 5. The first-order chi connectivity index (χ1) is 12.8. The van der Waals surface area contributed by atoms with Gasteiger partial charge in [0.2, 0.25) is 0 Å². The number of esters is 2. The third-order valence-electron chi connectivity index (χ3n) is 3.45. The second-order valence-corrected chi connectivity index (χ2v) is 5.56. The number of anilines is 1. The van der Waals surface area contributed by atoms with E-state index in [1.165, 1.54) is 25.3 Å². The lowest BCUT2D eigenvalue weighted by molar-refractivity contribution is -0.384. The molecular formula is C17H13ClN2O7. The molecule has 2 aromatic rings. The van der Waals surface area contributed by atoms with E-state index in [0.717, 1.165) is 25.3 Å². The minimum absolute atomic E-state index is 0.0932. The lowest BCUT2D eigenvalue weighted by Crippen LogP contribution is -2.15. The summed E-state index contributed by atoms with van der Waals surface area (Å²) >= 11 is 6.01. The van der Waals surface area contributed by atoms with E-state index in [4.69, 9.17) is 11.6 Å². The standard InChI is InChI=1S/C17H13ClN2O7/c1-26-16(22)9-3-4-13(18)14(8-9)19-15(21)10-5-11(17(23)27-2)7-12(6-10)20(24)25/h3-8H,1-2H3,(H,19,21). The summed E-state index contributed by atoms with van der Waals surface area (Å²) in [5, 5.41) is 13.6. The van der Waals surface area contributed by atoms with Crippen LogP contribution in [0.2, 0.25) is 5.02 Å². The molecule has 2 rings (SSSR count). The Bertz CT molecular complexity index is 943.